The van der Waals surface area contributed by atoms with Gasteiger partial charge in [0.1, 0.15) is 23.0 Å². The van der Waals surface area contributed by atoms with Crippen molar-refractivity contribution >= 4 is 17.3 Å². The highest BCUT2D eigenvalue weighted by molar-refractivity contribution is 5.98. The minimum atomic E-state index is -0.966. The number of ketones is 1. The summed E-state index contributed by atoms with van der Waals surface area (Å²) in [5, 5.41) is 0. The Morgan fingerprint density at radius 3 is 2.77 bits per heavy atom. The lowest BCUT2D eigenvalue weighted by atomic mass is 9.83. The first-order valence-electron chi connectivity index (χ1n) is 9.21. The normalized spacial score (nSPS) is 17.6. The molecular formula is C22H17FN6O. The van der Waals surface area contributed by atoms with Gasteiger partial charge in [0.25, 0.3) is 0 Å². The van der Waals surface area contributed by atoms with Gasteiger partial charge in [0.05, 0.1) is 17.8 Å². The summed E-state index contributed by atoms with van der Waals surface area (Å²) in [6.07, 6.45) is 4.84. The number of carbonyl (C=O) groups is 1. The zero-order chi connectivity index (χ0) is 21.3. The highest BCUT2D eigenvalue weighted by Crippen LogP contribution is 2.35. The Labute approximate surface area is 172 Å². The van der Waals surface area contributed by atoms with Crippen molar-refractivity contribution in [3.05, 3.63) is 94.4 Å². The highest BCUT2D eigenvalue weighted by Gasteiger charge is 2.35. The number of benzene rings is 1. The molecule has 3 heterocycles. The van der Waals surface area contributed by atoms with E-state index in [2.05, 4.69) is 24.8 Å². The van der Waals surface area contributed by atoms with Gasteiger partial charge in [-0.2, -0.15) is 0 Å². The number of pyridine rings is 1. The Balaban J connectivity index is 1.65. The van der Waals surface area contributed by atoms with Crippen LogP contribution in [0, 0.1) is 12.4 Å². The Morgan fingerprint density at radius 2 is 2.03 bits per heavy atom. The fourth-order valence-electron chi connectivity index (χ4n) is 3.54. The lowest BCUT2D eigenvalue weighted by molar-refractivity contribution is 0.0988. The van der Waals surface area contributed by atoms with Gasteiger partial charge >= 0.3 is 0 Å². The van der Waals surface area contributed by atoms with Gasteiger partial charge in [-0.3, -0.25) is 19.8 Å². The van der Waals surface area contributed by atoms with E-state index in [0.29, 0.717) is 34.6 Å². The maximum atomic E-state index is 14.8. The molecule has 148 valence electrons. The first-order chi connectivity index (χ1) is 14.4. The fraction of sp³-hybridized carbons (Fsp3) is 0.182. The van der Waals surface area contributed by atoms with E-state index in [-0.39, 0.29) is 23.7 Å². The second-order valence-electron chi connectivity index (χ2n) is 7.23. The SMILES string of the molecule is [C-]#[N+]c1ccc(C(=O)Cc2ccc(F)c([C@]3(C)Cc4nccnc4C(N)=N3)c2)nc1. The Morgan fingerprint density at radius 1 is 1.23 bits per heavy atom. The highest BCUT2D eigenvalue weighted by atomic mass is 19.1. The zero-order valence-corrected chi connectivity index (χ0v) is 16.1. The van der Waals surface area contributed by atoms with Gasteiger partial charge in [0.15, 0.2) is 5.78 Å². The summed E-state index contributed by atoms with van der Waals surface area (Å²) >= 11 is 0. The molecule has 1 aliphatic rings. The molecule has 3 aromatic rings. The number of amidine groups is 1. The Bertz CT molecular complexity index is 1220. The van der Waals surface area contributed by atoms with Crippen LogP contribution in [-0.2, 0) is 18.4 Å². The predicted molar refractivity (Wildman–Crippen MR) is 109 cm³/mol. The van der Waals surface area contributed by atoms with Gasteiger partial charge in [0, 0.05) is 37.0 Å². The molecule has 1 aliphatic heterocycles. The number of nitrogens with zero attached hydrogens (tertiary/aromatic N) is 5. The number of halogens is 1. The van der Waals surface area contributed by atoms with Crippen LogP contribution in [0.25, 0.3) is 4.85 Å². The zero-order valence-electron chi connectivity index (χ0n) is 16.1. The molecule has 0 saturated heterocycles. The van der Waals surface area contributed by atoms with Gasteiger partial charge in [-0.05, 0) is 30.7 Å². The minimum Gasteiger partial charge on any atom is -0.382 e. The van der Waals surface area contributed by atoms with Gasteiger partial charge in [-0.25, -0.2) is 14.2 Å². The molecular weight excluding hydrogens is 383 g/mol. The minimum absolute atomic E-state index is 0.0450. The number of hydrogen-bond acceptors (Lipinski definition) is 6. The quantitative estimate of drug-likeness (QED) is 0.536. The van der Waals surface area contributed by atoms with E-state index < -0.39 is 11.4 Å². The third-order valence-corrected chi connectivity index (χ3v) is 5.03. The van der Waals surface area contributed by atoms with Crippen molar-refractivity contribution in [2.45, 2.75) is 25.3 Å². The van der Waals surface area contributed by atoms with Crippen LogP contribution < -0.4 is 5.73 Å². The predicted octanol–water partition coefficient (Wildman–Crippen LogP) is 3.16. The molecule has 0 unspecified atom stereocenters. The van der Waals surface area contributed by atoms with Gasteiger partial charge in [-0.1, -0.05) is 12.1 Å². The molecule has 0 saturated carbocycles. The van der Waals surface area contributed by atoms with E-state index in [0.717, 1.165) is 0 Å². The Kier molecular flexibility index (Phi) is 4.80. The van der Waals surface area contributed by atoms with Crippen LogP contribution in [0.5, 0.6) is 0 Å². The van der Waals surface area contributed by atoms with Crippen LogP contribution in [0.3, 0.4) is 0 Å². The largest absolute Gasteiger partial charge is 0.382 e. The van der Waals surface area contributed by atoms with Crippen molar-refractivity contribution in [2.75, 3.05) is 0 Å². The van der Waals surface area contributed by atoms with Gasteiger partial charge in [0.2, 0.25) is 5.69 Å². The first kappa shape index (κ1) is 19.3. The average molecular weight is 400 g/mol. The molecule has 0 amide bonds. The number of aromatic nitrogens is 3. The van der Waals surface area contributed by atoms with Gasteiger partial charge < -0.3 is 5.73 Å². The summed E-state index contributed by atoms with van der Waals surface area (Å²) in [5.74, 6) is -0.453. The van der Waals surface area contributed by atoms with E-state index >= 15 is 0 Å². The second kappa shape index (κ2) is 7.44. The third kappa shape index (κ3) is 3.53. The van der Waals surface area contributed by atoms with E-state index in [1.54, 1.807) is 31.3 Å². The monoisotopic (exact) mass is 400 g/mol. The van der Waals surface area contributed by atoms with Crippen LogP contribution >= 0.6 is 0 Å². The molecule has 0 aliphatic carbocycles. The smallest absolute Gasteiger partial charge is 0.205 e. The van der Waals surface area contributed by atoms with Crippen molar-refractivity contribution in [2.24, 2.45) is 10.7 Å². The number of carbonyl (C=O) groups excluding carboxylic acids is 1. The molecule has 0 fully saturated rings. The summed E-state index contributed by atoms with van der Waals surface area (Å²) in [7, 11) is 0. The number of Topliss-reactive ketones (excluding diaryl/α,β-unsaturated/α-hetero) is 1. The average Bonchev–Trinajstić information content (AvgIpc) is 2.75. The van der Waals surface area contributed by atoms with Crippen LogP contribution in [0.15, 0.2) is 53.9 Å². The van der Waals surface area contributed by atoms with E-state index in [1.165, 1.54) is 24.5 Å². The van der Waals surface area contributed by atoms with Crippen LogP contribution in [-0.4, -0.2) is 26.6 Å². The van der Waals surface area contributed by atoms with Crippen LogP contribution in [0.4, 0.5) is 10.1 Å². The molecule has 1 atom stereocenters. The van der Waals surface area contributed by atoms with Crippen molar-refractivity contribution in [3.8, 4) is 0 Å². The second-order valence-corrected chi connectivity index (χ2v) is 7.23. The van der Waals surface area contributed by atoms with Crippen LogP contribution in [0.2, 0.25) is 0 Å². The number of hydrogen-bond donors (Lipinski definition) is 1. The maximum Gasteiger partial charge on any atom is 0.205 e. The summed E-state index contributed by atoms with van der Waals surface area (Å²) in [6, 6.07) is 7.60. The number of aliphatic imine (C=N–C) groups is 1. The topological polar surface area (TPSA) is 98.5 Å². The van der Waals surface area contributed by atoms with Crippen LogP contribution in [0.1, 0.15) is 39.9 Å². The molecule has 0 bridgehead atoms. The Hall–Kier alpha value is -3.99. The van der Waals surface area contributed by atoms with Crippen molar-refractivity contribution in [1.82, 2.24) is 15.0 Å². The molecule has 2 aromatic heterocycles. The molecule has 8 heteroatoms. The number of fused-ring (bicyclic) bond motifs is 1. The molecule has 0 spiro atoms. The lowest BCUT2D eigenvalue weighted by Crippen LogP contribution is -2.35. The fourth-order valence-corrected chi connectivity index (χ4v) is 3.54. The molecule has 0 radical (unpaired) electrons. The number of rotatable bonds is 4. The van der Waals surface area contributed by atoms with E-state index in [4.69, 9.17) is 12.3 Å². The molecule has 30 heavy (non-hydrogen) atoms. The summed E-state index contributed by atoms with van der Waals surface area (Å²) in [5.41, 5.74) is 7.85. The van der Waals surface area contributed by atoms with Crippen molar-refractivity contribution in [1.29, 1.82) is 0 Å². The molecule has 2 N–H and O–H groups in total. The standard InChI is InChI=1S/C22H17FN6O/c1-22(11-18-20(21(24)29-22)27-8-7-26-18)15-9-13(3-5-16(15)23)10-19(30)17-6-4-14(25-2)12-28-17/h3-9,12H,10-11H2,1H3,(H2,24,29)/t22-/m0/s1. The van der Waals surface area contributed by atoms with Gasteiger partial charge in [-0.15, -0.1) is 0 Å². The van der Waals surface area contributed by atoms with Crippen molar-refractivity contribution < 1.29 is 9.18 Å². The van der Waals surface area contributed by atoms with E-state index in [9.17, 15) is 9.18 Å². The molecule has 1 aromatic carbocycles. The van der Waals surface area contributed by atoms with E-state index in [1.807, 2.05) is 0 Å². The third-order valence-electron chi connectivity index (χ3n) is 5.03. The lowest BCUT2D eigenvalue weighted by Gasteiger charge is -2.31. The summed E-state index contributed by atoms with van der Waals surface area (Å²) < 4.78 is 14.8. The molecule has 7 nitrogen and oxygen atoms in total. The summed E-state index contributed by atoms with van der Waals surface area (Å²) in [4.78, 5) is 32.9. The summed E-state index contributed by atoms with van der Waals surface area (Å²) in [6.45, 7) is 8.74. The molecule has 4 rings (SSSR count). The first-order valence-corrected chi connectivity index (χ1v) is 9.21. The van der Waals surface area contributed by atoms with Crippen molar-refractivity contribution in [3.63, 3.8) is 0 Å². The maximum absolute atomic E-state index is 14.8. The number of nitrogens with two attached hydrogens (primary N) is 1.